The van der Waals surface area contributed by atoms with Gasteiger partial charge in [0.1, 0.15) is 0 Å². The molecule has 0 aromatic rings. The van der Waals surface area contributed by atoms with E-state index >= 15 is 0 Å². The number of hydrogen-bond acceptors (Lipinski definition) is 1. The minimum atomic E-state index is -0.0417. The number of nitrogens with zero attached hydrogens (tertiary/aromatic N) is 1. The molecule has 0 heterocycles. The van der Waals surface area contributed by atoms with Crippen molar-refractivity contribution >= 4 is 5.91 Å². The summed E-state index contributed by atoms with van der Waals surface area (Å²) in [4.78, 5) is 13.1. The van der Waals surface area contributed by atoms with Gasteiger partial charge in [-0.3, -0.25) is 4.79 Å². The second kappa shape index (κ2) is 7.46. The van der Waals surface area contributed by atoms with Crippen LogP contribution in [0.5, 0.6) is 0 Å². The van der Waals surface area contributed by atoms with E-state index in [0.717, 1.165) is 5.57 Å². The fourth-order valence-corrected chi connectivity index (χ4v) is 1.22. The van der Waals surface area contributed by atoms with E-state index in [-0.39, 0.29) is 5.91 Å². The Morgan fingerprint density at radius 1 is 1.38 bits per heavy atom. The smallest absolute Gasteiger partial charge is 0.224 e. The number of rotatable bonds is 6. The highest BCUT2D eigenvalue weighted by atomic mass is 16.2. The first kappa shape index (κ1) is 14.2. The van der Waals surface area contributed by atoms with Gasteiger partial charge in [0.05, 0.1) is 6.54 Å². The normalized spacial score (nSPS) is 11.2. The molecule has 0 aromatic carbocycles. The molecule has 0 atom stereocenters. The molecule has 0 unspecified atom stereocenters. The lowest BCUT2D eigenvalue weighted by Gasteiger charge is -2.21. The van der Waals surface area contributed by atoms with Crippen LogP contribution in [0.3, 0.4) is 0 Å². The molecule has 0 radical (unpaired) electrons. The van der Waals surface area contributed by atoms with Crippen LogP contribution in [0.2, 0.25) is 0 Å². The van der Waals surface area contributed by atoms with Crippen LogP contribution in [0.4, 0.5) is 0 Å². The molecule has 1 amide bonds. The first-order valence-electron chi connectivity index (χ1n) is 5.10. The Morgan fingerprint density at radius 3 is 2.38 bits per heavy atom. The summed E-state index contributed by atoms with van der Waals surface area (Å²) in [6.07, 6.45) is 8.86. The van der Waals surface area contributed by atoms with Gasteiger partial charge in [0.2, 0.25) is 5.91 Å². The van der Waals surface area contributed by atoms with Crippen molar-refractivity contribution in [2.24, 2.45) is 0 Å². The number of allylic oxidation sites excluding steroid dienone is 4. The first-order valence-corrected chi connectivity index (χ1v) is 5.10. The summed E-state index contributed by atoms with van der Waals surface area (Å²) in [5, 5.41) is 0. The van der Waals surface area contributed by atoms with Crippen molar-refractivity contribution in [3.8, 4) is 0 Å². The summed E-state index contributed by atoms with van der Waals surface area (Å²) in [6.45, 7) is 15.0. The lowest BCUT2D eigenvalue weighted by molar-refractivity contribution is -0.126. The SMILES string of the molecule is C=C/C=C(\C=C)CN(C(=C)/C=C\C)C(C)=O. The lowest BCUT2D eigenvalue weighted by atomic mass is 10.2. The van der Waals surface area contributed by atoms with Gasteiger partial charge in [0.15, 0.2) is 0 Å². The van der Waals surface area contributed by atoms with E-state index < -0.39 is 0 Å². The van der Waals surface area contributed by atoms with Crippen LogP contribution in [0.15, 0.2) is 61.4 Å². The number of amides is 1. The third-order valence-electron chi connectivity index (χ3n) is 2.02. The summed E-state index contributed by atoms with van der Waals surface area (Å²) in [6, 6.07) is 0. The Hall–Kier alpha value is -1.83. The highest BCUT2D eigenvalue weighted by Gasteiger charge is 2.10. The van der Waals surface area contributed by atoms with Gasteiger partial charge in [-0.25, -0.2) is 0 Å². The van der Waals surface area contributed by atoms with Gasteiger partial charge < -0.3 is 4.90 Å². The van der Waals surface area contributed by atoms with E-state index in [0.29, 0.717) is 12.2 Å². The minimum Gasteiger partial charge on any atom is -0.309 e. The Labute approximate surface area is 98.0 Å². The van der Waals surface area contributed by atoms with Crippen molar-refractivity contribution in [1.29, 1.82) is 0 Å². The Kier molecular flexibility index (Phi) is 6.61. The number of hydrogen-bond donors (Lipinski definition) is 0. The van der Waals surface area contributed by atoms with Crippen molar-refractivity contribution < 1.29 is 4.79 Å². The summed E-state index contributed by atoms with van der Waals surface area (Å²) in [5.74, 6) is -0.0417. The molecule has 0 rings (SSSR count). The average Bonchev–Trinajstić information content (AvgIpc) is 2.23. The fraction of sp³-hybridized carbons (Fsp3) is 0.214. The maximum Gasteiger partial charge on any atom is 0.224 e. The predicted octanol–water partition coefficient (Wildman–Crippen LogP) is 3.22. The van der Waals surface area contributed by atoms with Crippen molar-refractivity contribution in [3.63, 3.8) is 0 Å². The fourth-order valence-electron chi connectivity index (χ4n) is 1.22. The van der Waals surface area contributed by atoms with Gasteiger partial charge in [-0.05, 0) is 18.6 Å². The van der Waals surface area contributed by atoms with Crippen molar-refractivity contribution in [1.82, 2.24) is 4.90 Å². The topological polar surface area (TPSA) is 20.3 Å². The van der Waals surface area contributed by atoms with Crippen molar-refractivity contribution in [2.75, 3.05) is 6.54 Å². The monoisotopic (exact) mass is 217 g/mol. The second-order valence-corrected chi connectivity index (χ2v) is 3.28. The van der Waals surface area contributed by atoms with Crippen LogP contribution >= 0.6 is 0 Å². The van der Waals surface area contributed by atoms with E-state index in [1.807, 2.05) is 19.1 Å². The van der Waals surface area contributed by atoms with Crippen LogP contribution in [-0.2, 0) is 4.79 Å². The van der Waals surface area contributed by atoms with E-state index in [1.54, 1.807) is 23.1 Å². The predicted molar refractivity (Wildman–Crippen MR) is 69.8 cm³/mol. The Bertz CT molecular complexity index is 348. The first-order chi connectivity index (χ1) is 7.56. The molecule has 0 aliphatic rings. The van der Waals surface area contributed by atoms with E-state index in [2.05, 4.69) is 19.7 Å². The second-order valence-electron chi connectivity index (χ2n) is 3.28. The molecular weight excluding hydrogens is 198 g/mol. The van der Waals surface area contributed by atoms with Crippen molar-refractivity contribution in [3.05, 3.63) is 61.4 Å². The zero-order chi connectivity index (χ0) is 12.6. The van der Waals surface area contributed by atoms with Crippen LogP contribution in [0.25, 0.3) is 0 Å². The van der Waals surface area contributed by atoms with Gasteiger partial charge in [-0.2, -0.15) is 0 Å². The van der Waals surface area contributed by atoms with Gasteiger partial charge in [0, 0.05) is 12.6 Å². The Balaban J connectivity index is 4.88. The Morgan fingerprint density at radius 2 is 2.00 bits per heavy atom. The highest BCUT2D eigenvalue weighted by molar-refractivity contribution is 5.76. The average molecular weight is 217 g/mol. The summed E-state index contributed by atoms with van der Waals surface area (Å²) < 4.78 is 0. The molecule has 0 saturated carbocycles. The lowest BCUT2D eigenvalue weighted by Crippen LogP contribution is -2.28. The number of carbonyl (C=O) groups is 1. The quantitative estimate of drug-likeness (QED) is 0.625. The molecule has 2 heteroatoms. The molecule has 0 fully saturated rings. The molecular formula is C14H19NO. The zero-order valence-corrected chi connectivity index (χ0v) is 10.1. The molecule has 0 bridgehead atoms. The maximum atomic E-state index is 11.5. The van der Waals surface area contributed by atoms with Gasteiger partial charge in [-0.1, -0.05) is 44.0 Å². The van der Waals surface area contributed by atoms with Gasteiger partial charge in [0.25, 0.3) is 0 Å². The van der Waals surface area contributed by atoms with Crippen LogP contribution in [0, 0.1) is 0 Å². The molecule has 2 nitrogen and oxygen atoms in total. The molecule has 16 heavy (non-hydrogen) atoms. The maximum absolute atomic E-state index is 11.5. The summed E-state index contributed by atoms with van der Waals surface area (Å²) in [5.41, 5.74) is 1.60. The third-order valence-corrected chi connectivity index (χ3v) is 2.02. The van der Waals surface area contributed by atoms with Gasteiger partial charge in [-0.15, -0.1) is 0 Å². The molecule has 0 aliphatic heterocycles. The molecule has 86 valence electrons. The number of carbonyl (C=O) groups excluding carboxylic acids is 1. The molecule has 0 saturated heterocycles. The molecule has 0 N–H and O–H groups in total. The third kappa shape index (κ3) is 4.60. The minimum absolute atomic E-state index is 0.0417. The highest BCUT2D eigenvalue weighted by Crippen LogP contribution is 2.09. The van der Waals surface area contributed by atoms with Crippen LogP contribution < -0.4 is 0 Å². The summed E-state index contributed by atoms with van der Waals surface area (Å²) in [7, 11) is 0. The van der Waals surface area contributed by atoms with E-state index in [1.165, 1.54) is 6.92 Å². The van der Waals surface area contributed by atoms with E-state index in [4.69, 9.17) is 0 Å². The van der Waals surface area contributed by atoms with Crippen LogP contribution in [-0.4, -0.2) is 17.4 Å². The van der Waals surface area contributed by atoms with Crippen molar-refractivity contribution in [2.45, 2.75) is 13.8 Å². The zero-order valence-electron chi connectivity index (χ0n) is 10.1. The van der Waals surface area contributed by atoms with E-state index in [9.17, 15) is 4.79 Å². The van der Waals surface area contributed by atoms with Gasteiger partial charge >= 0.3 is 0 Å². The standard InChI is InChI=1S/C14H19NO/c1-6-9-12(4)15(13(5)16)11-14(8-3)10-7-2/h6-10H,2-4,11H2,1,5H3/b9-6-,14-10+. The molecule has 0 aromatic heterocycles. The largest absolute Gasteiger partial charge is 0.309 e. The molecule has 0 spiro atoms. The van der Waals surface area contributed by atoms with Crippen LogP contribution in [0.1, 0.15) is 13.8 Å². The molecule has 0 aliphatic carbocycles. The summed E-state index contributed by atoms with van der Waals surface area (Å²) >= 11 is 0.